The van der Waals surface area contributed by atoms with E-state index in [9.17, 15) is 0 Å². The summed E-state index contributed by atoms with van der Waals surface area (Å²) in [5.74, 6) is 1.94. The molecular weight excluding hydrogens is 338 g/mol. The molecule has 0 aromatic heterocycles. The maximum Gasteiger partial charge on any atom is 0.191 e. The third-order valence-corrected chi connectivity index (χ3v) is 5.54. The maximum absolute atomic E-state index is 6.47. The molecule has 1 heterocycles. The minimum absolute atomic E-state index is 0.000829. The molecule has 1 atom stereocenters. The fourth-order valence-electron chi connectivity index (χ4n) is 4.21. The first-order valence-corrected chi connectivity index (χ1v) is 10.7. The van der Waals surface area contributed by atoms with Crippen molar-refractivity contribution in [3.05, 3.63) is 29.8 Å². The van der Waals surface area contributed by atoms with E-state index in [0.717, 1.165) is 70.1 Å². The largest absolute Gasteiger partial charge is 0.487 e. The van der Waals surface area contributed by atoms with E-state index in [1.54, 1.807) is 0 Å². The van der Waals surface area contributed by atoms with Crippen molar-refractivity contribution in [2.75, 3.05) is 26.3 Å². The summed E-state index contributed by atoms with van der Waals surface area (Å²) in [7, 11) is 0. The Morgan fingerprint density at radius 1 is 1.22 bits per heavy atom. The summed E-state index contributed by atoms with van der Waals surface area (Å²) in [6, 6.07) is 8.71. The molecule has 1 aliphatic heterocycles. The number of rotatable bonds is 8. The number of hydrogen-bond acceptors (Lipinski definition) is 3. The Kier molecular flexibility index (Phi) is 7.39. The summed E-state index contributed by atoms with van der Waals surface area (Å²) in [6.07, 6.45) is 7.96. The van der Waals surface area contributed by atoms with Crippen LogP contribution in [-0.4, -0.2) is 37.9 Å². The molecule has 150 valence electrons. The van der Waals surface area contributed by atoms with Crippen LogP contribution in [-0.2, 0) is 4.74 Å². The van der Waals surface area contributed by atoms with Crippen molar-refractivity contribution in [3.8, 4) is 5.75 Å². The van der Waals surface area contributed by atoms with Crippen LogP contribution in [0.5, 0.6) is 5.75 Å². The number of unbranched alkanes of at least 4 members (excludes halogenated alkanes) is 1. The molecule has 2 N–H and O–H groups in total. The second-order valence-corrected chi connectivity index (χ2v) is 7.60. The van der Waals surface area contributed by atoms with Gasteiger partial charge < -0.3 is 20.1 Å². The standard InChI is InChI=1S/C22H35N3O2/c1-3-23-21(24-15-9-10-16-26-4-2)25-19-17-22(13-7-8-14-22)27-20-12-6-5-11-18(19)20/h5-6,11-12,19H,3-4,7-10,13-17H2,1-2H3,(H2,23,24,25). The average molecular weight is 374 g/mol. The van der Waals surface area contributed by atoms with E-state index < -0.39 is 0 Å². The van der Waals surface area contributed by atoms with Crippen LogP contribution in [0.4, 0.5) is 0 Å². The van der Waals surface area contributed by atoms with Gasteiger partial charge in [-0.25, -0.2) is 0 Å². The van der Waals surface area contributed by atoms with Crippen molar-refractivity contribution >= 4 is 5.96 Å². The summed E-state index contributed by atoms with van der Waals surface area (Å²) in [4.78, 5) is 4.79. The van der Waals surface area contributed by atoms with Gasteiger partial charge in [-0.05, 0) is 58.4 Å². The van der Waals surface area contributed by atoms with E-state index in [1.807, 2.05) is 6.92 Å². The minimum atomic E-state index is 0.000829. The Hall–Kier alpha value is -1.75. The molecule has 0 amide bonds. The summed E-state index contributed by atoms with van der Waals surface area (Å²) in [5.41, 5.74) is 1.25. The first kappa shape index (κ1) is 20.0. The number of benzene rings is 1. The van der Waals surface area contributed by atoms with E-state index in [4.69, 9.17) is 14.5 Å². The molecule has 5 nitrogen and oxygen atoms in total. The monoisotopic (exact) mass is 373 g/mol. The fourth-order valence-corrected chi connectivity index (χ4v) is 4.21. The van der Waals surface area contributed by atoms with Gasteiger partial charge in [0.05, 0.1) is 6.04 Å². The Balaban J connectivity index is 1.66. The third-order valence-electron chi connectivity index (χ3n) is 5.54. The van der Waals surface area contributed by atoms with Gasteiger partial charge in [0.25, 0.3) is 0 Å². The summed E-state index contributed by atoms with van der Waals surface area (Å²) < 4.78 is 11.9. The molecule has 1 unspecified atom stereocenters. The van der Waals surface area contributed by atoms with Gasteiger partial charge in [0.15, 0.2) is 5.96 Å². The zero-order valence-corrected chi connectivity index (χ0v) is 16.9. The normalized spacial score (nSPS) is 21.0. The van der Waals surface area contributed by atoms with Crippen molar-refractivity contribution in [2.24, 2.45) is 4.99 Å². The minimum Gasteiger partial charge on any atom is -0.487 e. The SMILES string of the molecule is CCNC(=NCCCCOCC)NC1CC2(CCCC2)Oc2ccccc21. The number of ether oxygens (including phenoxy) is 2. The first-order valence-electron chi connectivity index (χ1n) is 10.7. The van der Waals surface area contributed by atoms with Gasteiger partial charge in [-0.1, -0.05) is 18.2 Å². The molecule has 1 aromatic rings. The van der Waals surface area contributed by atoms with Crippen molar-refractivity contribution in [3.63, 3.8) is 0 Å². The van der Waals surface area contributed by atoms with Crippen LogP contribution in [0.25, 0.3) is 0 Å². The number of nitrogens with zero attached hydrogens (tertiary/aromatic N) is 1. The van der Waals surface area contributed by atoms with E-state index in [-0.39, 0.29) is 11.6 Å². The molecule has 0 radical (unpaired) electrons. The van der Waals surface area contributed by atoms with Crippen molar-refractivity contribution < 1.29 is 9.47 Å². The van der Waals surface area contributed by atoms with Gasteiger partial charge in [0, 0.05) is 38.3 Å². The van der Waals surface area contributed by atoms with E-state index in [2.05, 4.69) is 41.8 Å². The molecule has 1 saturated carbocycles. The zero-order valence-electron chi connectivity index (χ0n) is 16.9. The van der Waals surface area contributed by atoms with Crippen molar-refractivity contribution in [1.29, 1.82) is 0 Å². The highest BCUT2D eigenvalue weighted by atomic mass is 16.5. The molecule has 2 aliphatic rings. The average Bonchev–Trinajstić information content (AvgIpc) is 3.12. The third kappa shape index (κ3) is 5.38. The van der Waals surface area contributed by atoms with Crippen LogP contribution in [0, 0.1) is 0 Å². The zero-order chi connectivity index (χ0) is 19.0. The van der Waals surface area contributed by atoms with Gasteiger partial charge in [0.1, 0.15) is 11.4 Å². The van der Waals surface area contributed by atoms with Crippen LogP contribution < -0.4 is 15.4 Å². The second-order valence-electron chi connectivity index (χ2n) is 7.60. The van der Waals surface area contributed by atoms with E-state index in [1.165, 1.54) is 18.4 Å². The molecule has 27 heavy (non-hydrogen) atoms. The van der Waals surface area contributed by atoms with Crippen LogP contribution in [0.15, 0.2) is 29.3 Å². The lowest BCUT2D eigenvalue weighted by Gasteiger charge is -2.40. The highest BCUT2D eigenvalue weighted by molar-refractivity contribution is 5.80. The first-order chi connectivity index (χ1) is 13.3. The van der Waals surface area contributed by atoms with E-state index >= 15 is 0 Å². The number of guanidine groups is 1. The lowest BCUT2D eigenvalue weighted by molar-refractivity contribution is 0.0396. The van der Waals surface area contributed by atoms with Crippen LogP contribution >= 0.6 is 0 Å². The Morgan fingerprint density at radius 3 is 2.81 bits per heavy atom. The Bertz CT molecular complexity index is 611. The molecule has 0 saturated heterocycles. The molecule has 1 aliphatic carbocycles. The van der Waals surface area contributed by atoms with Crippen molar-refractivity contribution in [2.45, 2.75) is 70.4 Å². The highest BCUT2D eigenvalue weighted by Gasteiger charge is 2.43. The molecule has 1 spiro atoms. The van der Waals surface area contributed by atoms with Crippen LogP contribution in [0.1, 0.15) is 70.4 Å². The number of aliphatic imine (C=N–C) groups is 1. The van der Waals surface area contributed by atoms with Crippen molar-refractivity contribution in [1.82, 2.24) is 10.6 Å². The molecule has 5 heteroatoms. The Morgan fingerprint density at radius 2 is 2.04 bits per heavy atom. The number of nitrogens with one attached hydrogen (secondary N) is 2. The summed E-state index contributed by atoms with van der Waals surface area (Å²) in [5, 5.41) is 7.10. The number of fused-ring (bicyclic) bond motifs is 1. The smallest absolute Gasteiger partial charge is 0.191 e. The van der Waals surface area contributed by atoms with Gasteiger partial charge in [-0.15, -0.1) is 0 Å². The summed E-state index contributed by atoms with van der Waals surface area (Å²) in [6.45, 7) is 7.44. The predicted octanol–water partition coefficient (Wildman–Crippen LogP) is 4.19. The van der Waals surface area contributed by atoms with E-state index in [0.29, 0.717) is 0 Å². The number of hydrogen-bond donors (Lipinski definition) is 2. The van der Waals surface area contributed by atoms with Gasteiger partial charge >= 0.3 is 0 Å². The quantitative estimate of drug-likeness (QED) is 0.407. The summed E-state index contributed by atoms with van der Waals surface area (Å²) >= 11 is 0. The number of para-hydroxylation sites is 1. The molecule has 0 bridgehead atoms. The maximum atomic E-state index is 6.47. The molecule has 3 rings (SSSR count). The van der Waals surface area contributed by atoms with Crippen LogP contribution in [0.3, 0.4) is 0 Å². The predicted molar refractivity (Wildman–Crippen MR) is 110 cm³/mol. The topological polar surface area (TPSA) is 54.9 Å². The fraction of sp³-hybridized carbons (Fsp3) is 0.682. The molecule has 1 aromatic carbocycles. The highest BCUT2D eigenvalue weighted by Crippen LogP contribution is 2.46. The Labute approximate surface area is 163 Å². The van der Waals surface area contributed by atoms with Crippen LogP contribution in [0.2, 0.25) is 0 Å². The van der Waals surface area contributed by atoms with Gasteiger partial charge in [-0.2, -0.15) is 0 Å². The molecule has 1 fully saturated rings. The second kappa shape index (κ2) is 9.98. The lowest BCUT2D eigenvalue weighted by Crippen LogP contribution is -2.46. The lowest BCUT2D eigenvalue weighted by atomic mass is 9.86. The van der Waals surface area contributed by atoms with Gasteiger partial charge in [0.2, 0.25) is 0 Å². The molecular formula is C22H35N3O2. The van der Waals surface area contributed by atoms with Gasteiger partial charge in [-0.3, -0.25) is 4.99 Å².